The zero-order valence-electron chi connectivity index (χ0n) is 11.1. The van der Waals surface area contributed by atoms with Crippen LogP contribution in [0.4, 0.5) is 11.4 Å². The molecular formula is C15H22N2O. The van der Waals surface area contributed by atoms with E-state index in [0.717, 1.165) is 32.6 Å². The summed E-state index contributed by atoms with van der Waals surface area (Å²) >= 11 is 0. The van der Waals surface area contributed by atoms with Crippen molar-refractivity contribution in [1.82, 2.24) is 0 Å². The zero-order chi connectivity index (χ0) is 12.4. The minimum atomic E-state index is 0.633. The number of benzene rings is 1. The highest BCUT2D eigenvalue weighted by Crippen LogP contribution is 2.28. The molecule has 1 aromatic carbocycles. The van der Waals surface area contributed by atoms with Crippen LogP contribution in [0.25, 0.3) is 0 Å². The van der Waals surface area contributed by atoms with Gasteiger partial charge in [0.05, 0.1) is 0 Å². The molecule has 0 bridgehead atoms. The van der Waals surface area contributed by atoms with Gasteiger partial charge in [0, 0.05) is 44.2 Å². The lowest BCUT2D eigenvalue weighted by molar-refractivity contribution is 0.0855. The monoisotopic (exact) mass is 246 g/mol. The van der Waals surface area contributed by atoms with E-state index in [1.807, 2.05) is 0 Å². The highest BCUT2D eigenvalue weighted by Gasteiger charge is 2.19. The summed E-state index contributed by atoms with van der Waals surface area (Å²) in [5.41, 5.74) is 4.15. The van der Waals surface area contributed by atoms with Crippen molar-refractivity contribution in [3.8, 4) is 0 Å². The van der Waals surface area contributed by atoms with Crippen molar-refractivity contribution in [1.29, 1.82) is 0 Å². The van der Waals surface area contributed by atoms with E-state index in [2.05, 4.69) is 35.5 Å². The van der Waals surface area contributed by atoms with Crippen LogP contribution in [-0.2, 0) is 11.2 Å². The molecular weight excluding hydrogens is 224 g/mol. The van der Waals surface area contributed by atoms with Gasteiger partial charge in [0.25, 0.3) is 0 Å². The summed E-state index contributed by atoms with van der Waals surface area (Å²) in [5, 5.41) is 3.47. The summed E-state index contributed by atoms with van der Waals surface area (Å²) in [6.45, 7) is 2.92. The maximum absolute atomic E-state index is 5.44. The van der Waals surface area contributed by atoms with Crippen molar-refractivity contribution < 1.29 is 4.74 Å². The Balaban J connectivity index is 1.78. The van der Waals surface area contributed by atoms with E-state index in [0.29, 0.717) is 6.04 Å². The number of anilines is 2. The molecule has 2 aliphatic heterocycles. The Kier molecular flexibility index (Phi) is 3.41. The van der Waals surface area contributed by atoms with Gasteiger partial charge in [-0.15, -0.1) is 0 Å². The molecule has 2 aliphatic rings. The van der Waals surface area contributed by atoms with E-state index >= 15 is 0 Å². The van der Waals surface area contributed by atoms with E-state index < -0.39 is 0 Å². The Bertz CT molecular complexity index is 413. The Morgan fingerprint density at radius 2 is 2.11 bits per heavy atom. The van der Waals surface area contributed by atoms with Crippen LogP contribution in [0.3, 0.4) is 0 Å². The molecule has 18 heavy (non-hydrogen) atoms. The van der Waals surface area contributed by atoms with Crippen LogP contribution in [0.1, 0.15) is 24.8 Å². The van der Waals surface area contributed by atoms with Gasteiger partial charge in [0.1, 0.15) is 0 Å². The predicted octanol–water partition coefficient (Wildman–Crippen LogP) is 2.66. The molecule has 0 atom stereocenters. The van der Waals surface area contributed by atoms with Crippen LogP contribution in [0.15, 0.2) is 18.2 Å². The van der Waals surface area contributed by atoms with Crippen molar-refractivity contribution in [2.24, 2.45) is 0 Å². The van der Waals surface area contributed by atoms with E-state index in [1.54, 1.807) is 0 Å². The number of fused-ring (bicyclic) bond motifs is 1. The molecule has 0 saturated carbocycles. The average molecular weight is 246 g/mol. The van der Waals surface area contributed by atoms with Gasteiger partial charge in [0.15, 0.2) is 0 Å². The third-order valence-corrected chi connectivity index (χ3v) is 4.17. The van der Waals surface area contributed by atoms with Gasteiger partial charge in [-0.3, -0.25) is 0 Å². The lowest BCUT2D eigenvalue weighted by Crippen LogP contribution is -2.36. The molecule has 3 nitrogen and oxygen atoms in total. The molecule has 98 valence electrons. The molecule has 1 aromatic rings. The first-order valence-corrected chi connectivity index (χ1v) is 7.02. The minimum absolute atomic E-state index is 0.633. The van der Waals surface area contributed by atoms with Crippen molar-refractivity contribution in [3.63, 3.8) is 0 Å². The van der Waals surface area contributed by atoms with Gasteiger partial charge in [-0.1, -0.05) is 0 Å². The Hall–Kier alpha value is -1.22. The number of ether oxygens (including phenoxy) is 1. The second kappa shape index (κ2) is 5.19. The highest BCUT2D eigenvalue weighted by molar-refractivity contribution is 5.61. The first-order valence-electron chi connectivity index (χ1n) is 7.02. The van der Waals surface area contributed by atoms with Gasteiger partial charge >= 0.3 is 0 Å². The Labute approximate surface area is 109 Å². The van der Waals surface area contributed by atoms with E-state index in [-0.39, 0.29) is 0 Å². The quantitative estimate of drug-likeness (QED) is 0.868. The van der Waals surface area contributed by atoms with Crippen LogP contribution < -0.4 is 10.2 Å². The molecule has 3 rings (SSSR count). The summed E-state index contributed by atoms with van der Waals surface area (Å²) in [7, 11) is 2.22. The summed E-state index contributed by atoms with van der Waals surface area (Å²) < 4.78 is 5.44. The van der Waals surface area contributed by atoms with Gasteiger partial charge < -0.3 is 15.0 Å². The summed E-state index contributed by atoms with van der Waals surface area (Å²) in [5.74, 6) is 0. The fourth-order valence-electron chi connectivity index (χ4n) is 2.96. The van der Waals surface area contributed by atoms with E-state index in [4.69, 9.17) is 4.74 Å². The molecule has 3 heteroatoms. The van der Waals surface area contributed by atoms with Gasteiger partial charge in [-0.25, -0.2) is 0 Å². The standard InChI is InChI=1S/C15H22N2O/c1-17(13-6-9-18-10-7-13)14-4-5-15-12(11-14)3-2-8-16-15/h4-5,11,13,16H,2-3,6-10H2,1H3. The molecule has 1 N–H and O–H groups in total. The lowest BCUT2D eigenvalue weighted by Gasteiger charge is -2.33. The van der Waals surface area contributed by atoms with Crippen LogP contribution in [0, 0.1) is 0 Å². The Morgan fingerprint density at radius 3 is 2.94 bits per heavy atom. The SMILES string of the molecule is CN(c1ccc2c(c1)CCCN2)C1CCOCC1. The second-order valence-electron chi connectivity index (χ2n) is 5.33. The molecule has 0 spiro atoms. The molecule has 0 radical (unpaired) electrons. The molecule has 0 unspecified atom stereocenters. The number of nitrogens with one attached hydrogen (secondary N) is 1. The zero-order valence-corrected chi connectivity index (χ0v) is 11.1. The molecule has 1 fully saturated rings. The van der Waals surface area contributed by atoms with Gasteiger partial charge in [0.2, 0.25) is 0 Å². The van der Waals surface area contributed by atoms with Crippen molar-refractivity contribution in [2.45, 2.75) is 31.7 Å². The van der Waals surface area contributed by atoms with Crippen molar-refractivity contribution in [2.75, 3.05) is 37.0 Å². The maximum Gasteiger partial charge on any atom is 0.0485 e. The number of hydrogen-bond acceptors (Lipinski definition) is 3. The van der Waals surface area contributed by atoms with Crippen molar-refractivity contribution >= 4 is 11.4 Å². The van der Waals surface area contributed by atoms with Crippen LogP contribution in [0.5, 0.6) is 0 Å². The molecule has 1 saturated heterocycles. The molecule has 2 heterocycles. The number of rotatable bonds is 2. The molecule has 0 aliphatic carbocycles. The fourth-order valence-corrected chi connectivity index (χ4v) is 2.96. The van der Waals surface area contributed by atoms with E-state index in [9.17, 15) is 0 Å². The normalized spacial score (nSPS) is 20.1. The van der Waals surface area contributed by atoms with E-state index in [1.165, 1.54) is 29.8 Å². The summed E-state index contributed by atoms with van der Waals surface area (Å²) in [6, 6.07) is 7.47. The maximum atomic E-state index is 5.44. The Morgan fingerprint density at radius 1 is 1.28 bits per heavy atom. The predicted molar refractivity (Wildman–Crippen MR) is 75.5 cm³/mol. The first-order chi connectivity index (χ1) is 8.84. The van der Waals surface area contributed by atoms with Crippen molar-refractivity contribution in [3.05, 3.63) is 23.8 Å². The highest BCUT2D eigenvalue weighted by atomic mass is 16.5. The lowest BCUT2D eigenvalue weighted by atomic mass is 10.0. The van der Waals surface area contributed by atoms with Gasteiger partial charge in [-0.2, -0.15) is 0 Å². The smallest absolute Gasteiger partial charge is 0.0485 e. The number of aryl methyl sites for hydroxylation is 1. The average Bonchev–Trinajstić information content (AvgIpc) is 2.47. The summed E-state index contributed by atoms with van der Waals surface area (Å²) in [4.78, 5) is 2.43. The fraction of sp³-hybridized carbons (Fsp3) is 0.600. The number of hydrogen-bond donors (Lipinski definition) is 1. The number of nitrogens with zero attached hydrogens (tertiary/aromatic N) is 1. The first kappa shape index (κ1) is 11.8. The summed E-state index contributed by atoms with van der Waals surface area (Å²) in [6.07, 6.45) is 4.74. The van der Waals surface area contributed by atoms with Gasteiger partial charge in [-0.05, 0) is 49.4 Å². The third-order valence-electron chi connectivity index (χ3n) is 4.17. The molecule has 0 amide bonds. The third kappa shape index (κ3) is 2.32. The van der Waals surface area contributed by atoms with Crippen LogP contribution in [0.2, 0.25) is 0 Å². The topological polar surface area (TPSA) is 24.5 Å². The largest absolute Gasteiger partial charge is 0.385 e. The van der Waals surface area contributed by atoms with Crippen LogP contribution >= 0.6 is 0 Å². The minimum Gasteiger partial charge on any atom is -0.385 e. The van der Waals surface area contributed by atoms with Crippen LogP contribution in [-0.4, -0.2) is 32.8 Å². The second-order valence-corrected chi connectivity index (χ2v) is 5.33. The molecule has 0 aromatic heterocycles.